The molecule has 0 fully saturated rings. The van der Waals surface area contributed by atoms with Crippen molar-refractivity contribution in [2.75, 3.05) is 16.9 Å². The van der Waals surface area contributed by atoms with Crippen LogP contribution in [0, 0.1) is 13.8 Å². The molecule has 0 atom stereocenters. The molecule has 0 bridgehead atoms. The monoisotopic (exact) mass is 381 g/mol. The van der Waals surface area contributed by atoms with E-state index in [2.05, 4.69) is 22.4 Å². The van der Waals surface area contributed by atoms with Gasteiger partial charge in [0.15, 0.2) is 5.82 Å². The lowest BCUT2D eigenvalue weighted by Gasteiger charge is -2.12. The van der Waals surface area contributed by atoms with Crippen LogP contribution in [0.1, 0.15) is 23.6 Å². The van der Waals surface area contributed by atoms with Crippen LogP contribution in [0.5, 0.6) is 0 Å². The van der Waals surface area contributed by atoms with Crippen LogP contribution in [-0.2, 0) is 11.2 Å². The molecule has 0 saturated heterocycles. The number of anilines is 1. The molecular formula is C20H23N5OS. The lowest BCUT2D eigenvalue weighted by atomic mass is 10.1. The van der Waals surface area contributed by atoms with Crippen LogP contribution in [0.4, 0.5) is 5.69 Å². The van der Waals surface area contributed by atoms with Crippen molar-refractivity contribution in [3.63, 3.8) is 0 Å². The van der Waals surface area contributed by atoms with E-state index < -0.39 is 0 Å². The first-order valence-electron chi connectivity index (χ1n) is 8.78. The molecular weight excluding hydrogens is 358 g/mol. The average Bonchev–Trinajstić information content (AvgIpc) is 3.03. The number of hydrogen-bond acceptors (Lipinski definition) is 5. The normalized spacial score (nSPS) is 10.8. The minimum atomic E-state index is -0.0936. The van der Waals surface area contributed by atoms with Crippen LogP contribution in [0.2, 0.25) is 0 Å². The largest absolute Gasteiger partial charge is 0.335 e. The topological polar surface area (TPSA) is 85.8 Å². The molecule has 2 aromatic carbocycles. The number of benzene rings is 2. The molecule has 3 rings (SSSR count). The van der Waals surface area contributed by atoms with Gasteiger partial charge in [-0.05, 0) is 31.4 Å². The summed E-state index contributed by atoms with van der Waals surface area (Å²) in [7, 11) is 0. The minimum Gasteiger partial charge on any atom is -0.335 e. The van der Waals surface area contributed by atoms with E-state index >= 15 is 0 Å². The van der Waals surface area contributed by atoms with E-state index in [1.165, 1.54) is 16.4 Å². The fourth-order valence-corrected chi connectivity index (χ4v) is 3.44. The van der Waals surface area contributed by atoms with Crippen LogP contribution in [-0.4, -0.2) is 26.5 Å². The summed E-state index contributed by atoms with van der Waals surface area (Å²) in [5.74, 6) is 6.81. The third kappa shape index (κ3) is 4.31. The number of carbonyl (C=O) groups excluding carboxylic acids is 1. The Hall–Kier alpha value is -2.80. The van der Waals surface area contributed by atoms with Crippen molar-refractivity contribution in [3.05, 3.63) is 59.2 Å². The first-order chi connectivity index (χ1) is 13.0. The van der Waals surface area contributed by atoms with Gasteiger partial charge in [0.2, 0.25) is 11.1 Å². The number of para-hydroxylation sites is 1. The highest BCUT2D eigenvalue weighted by Crippen LogP contribution is 2.24. The van der Waals surface area contributed by atoms with Crippen LogP contribution < -0.4 is 11.2 Å². The quantitative estimate of drug-likeness (QED) is 0.504. The Morgan fingerprint density at radius 2 is 1.89 bits per heavy atom. The highest BCUT2D eigenvalue weighted by Gasteiger charge is 2.15. The molecule has 1 aromatic heterocycles. The fourth-order valence-electron chi connectivity index (χ4n) is 2.78. The first kappa shape index (κ1) is 19.0. The van der Waals surface area contributed by atoms with Gasteiger partial charge in [-0.2, -0.15) is 0 Å². The highest BCUT2D eigenvalue weighted by molar-refractivity contribution is 7.99. The summed E-state index contributed by atoms with van der Waals surface area (Å²) in [4.78, 5) is 12.4. The smallest absolute Gasteiger partial charge is 0.234 e. The van der Waals surface area contributed by atoms with Crippen LogP contribution in [0.3, 0.4) is 0 Å². The zero-order valence-electron chi connectivity index (χ0n) is 15.7. The zero-order valence-corrected chi connectivity index (χ0v) is 16.5. The number of rotatable bonds is 6. The Morgan fingerprint density at radius 3 is 2.59 bits per heavy atom. The summed E-state index contributed by atoms with van der Waals surface area (Å²) in [5, 5.41) is 11.8. The summed E-state index contributed by atoms with van der Waals surface area (Å²) in [6.07, 6.45) is 0.863. The zero-order chi connectivity index (χ0) is 19.4. The number of aryl methyl sites for hydroxylation is 3. The number of nitrogens with one attached hydrogen (secondary N) is 1. The molecule has 0 unspecified atom stereocenters. The number of aromatic nitrogens is 3. The van der Waals surface area contributed by atoms with Crippen molar-refractivity contribution < 1.29 is 4.79 Å². The average molecular weight is 382 g/mol. The molecule has 0 saturated carbocycles. The van der Waals surface area contributed by atoms with E-state index in [1.807, 2.05) is 56.3 Å². The number of nitrogens with two attached hydrogens (primary N) is 1. The first-order valence-corrected chi connectivity index (χ1v) is 9.76. The summed E-state index contributed by atoms with van der Waals surface area (Å²) in [5.41, 5.74) is 5.11. The van der Waals surface area contributed by atoms with Crippen molar-refractivity contribution >= 4 is 23.4 Å². The van der Waals surface area contributed by atoms with Crippen LogP contribution in [0.25, 0.3) is 11.4 Å². The SMILES string of the molecule is CCc1cccc(C)c1NC(=O)CSc1nnc(-c2ccc(C)cc2)n1N. The highest BCUT2D eigenvalue weighted by atomic mass is 32.2. The third-order valence-electron chi connectivity index (χ3n) is 4.31. The maximum absolute atomic E-state index is 12.4. The lowest BCUT2D eigenvalue weighted by molar-refractivity contribution is -0.113. The van der Waals surface area contributed by atoms with E-state index in [4.69, 9.17) is 5.84 Å². The molecule has 6 nitrogen and oxygen atoms in total. The minimum absolute atomic E-state index is 0.0936. The molecule has 0 aliphatic heterocycles. The molecule has 1 amide bonds. The predicted octanol–water partition coefficient (Wildman–Crippen LogP) is 3.57. The van der Waals surface area contributed by atoms with Gasteiger partial charge in [0.05, 0.1) is 5.75 Å². The number of nitrogens with zero attached hydrogens (tertiary/aromatic N) is 3. The Bertz CT molecular complexity index is 950. The second kappa shape index (κ2) is 8.26. The van der Waals surface area contributed by atoms with Gasteiger partial charge < -0.3 is 11.2 Å². The van der Waals surface area contributed by atoms with Gasteiger partial charge in [-0.3, -0.25) is 4.79 Å². The van der Waals surface area contributed by atoms with Crippen molar-refractivity contribution in [3.8, 4) is 11.4 Å². The summed E-state index contributed by atoms with van der Waals surface area (Å²) in [6, 6.07) is 13.9. The molecule has 1 heterocycles. The second-order valence-electron chi connectivity index (χ2n) is 6.34. The number of thioether (sulfide) groups is 1. The van der Waals surface area contributed by atoms with Crippen LogP contribution >= 0.6 is 11.8 Å². The Morgan fingerprint density at radius 1 is 1.15 bits per heavy atom. The fraction of sp³-hybridized carbons (Fsp3) is 0.250. The molecule has 0 aliphatic rings. The van der Waals surface area contributed by atoms with Crippen molar-refractivity contribution in [1.82, 2.24) is 14.9 Å². The molecule has 27 heavy (non-hydrogen) atoms. The van der Waals surface area contributed by atoms with Crippen LogP contribution in [0.15, 0.2) is 47.6 Å². The molecule has 0 aliphatic carbocycles. The summed E-state index contributed by atoms with van der Waals surface area (Å²) >= 11 is 1.26. The summed E-state index contributed by atoms with van der Waals surface area (Å²) in [6.45, 7) is 6.09. The van der Waals surface area contributed by atoms with E-state index in [0.717, 1.165) is 34.4 Å². The second-order valence-corrected chi connectivity index (χ2v) is 7.28. The van der Waals surface area contributed by atoms with Crippen molar-refractivity contribution in [2.45, 2.75) is 32.3 Å². The maximum atomic E-state index is 12.4. The standard InChI is InChI=1S/C20H23N5OS/c1-4-15-7-5-6-14(3)18(15)22-17(26)12-27-20-24-23-19(25(20)21)16-10-8-13(2)9-11-16/h5-11H,4,12,21H2,1-3H3,(H,22,26). The number of hydrogen-bond donors (Lipinski definition) is 2. The van der Waals surface area contributed by atoms with Gasteiger partial charge in [-0.15, -0.1) is 10.2 Å². The molecule has 140 valence electrons. The van der Waals surface area contributed by atoms with E-state index in [9.17, 15) is 4.79 Å². The Labute approximate surface area is 163 Å². The van der Waals surface area contributed by atoms with E-state index in [-0.39, 0.29) is 11.7 Å². The Kier molecular flexibility index (Phi) is 5.81. The van der Waals surface area contributed by atoms with Gasteiger partial charge in [0, 0.05) is 11.3 Å². The van der Waals surface area contributed by atoms with Gasteiger partial charge in [-0.1, -0.05) is 66.7 Å². The van der Waals surface area contributed by atoms with Crippen molar-refractivity contribution in [1.29, 1.82) is 0 Å². The number of carbonyl (C=O) groups is 1. The summed E-state index contributed by atoms with van der Waals surface area (Å²) < 4.78 is 1.42. The maximum Gasteiger partial charge on any atom is 0.234 e. The molecule has 0 radical (unpaired) electrons. The molecule has 3 N–H and O–H groups in total. The molecule has 3 aromatic rings. The van der Waals surface area contributed by atoms with Gasteiger partial charge >= 0.3 is 0 Å². The lowest BCUT2D eigenvalue weighted by Crippen LogP contribution is -2.17. The van der Waals surface area contributed by atoms with Gasteiger partial charge in [0.1, 0.15) is 0 Å². The van der Waals surface area contributed by atoms with Gasteiger partial charge in [-0.25, -0.2) is 4.68 Å². The van der Waals surface area contributed by atoms with E-state index in [0.29, 0.717) is 11.0 Å². The van der Waals surface area contributed by atoms with Gasteiger partial charge in [0.25, 0.3) is 0 Å². The molecule has 0 spiro atoms. The Balaban J connectivity index is 1.67. The van der Waals surface area contributed by atoms with E-state index in [1.54, 1.807) is 0 Å². The predicted molar refractivity (Wildman–Crippen MR) is 110 cm³/mol. The number of amides is 1. The third-order valence-corrected chi connectivity index (χ3v) is 5.25. The molecule has 7 heteroatoms. The number of nitrogen functional groups attached to an aromatic ring is 1. The van der Waals surface area contributed by atoms with Crippen molar-refractivity contribution in [2.24, 2.45) is 0 Å².